The van der Waals surface area contributed by atoms with E-state index in [9.17, 15) is 9.59 Å². The Hall–Kier alpha value is -2.07. The largest absolute Gasteiger partial charge is 0.369 e. The average Bonchev–Trinajstić information content (AvgIpc) is 2.46. The van der Waals surface area contributed by atoms with Gasteiger partial charge in [-0.1, -0.05) is 13.8 Å². The fourth-order valence-electron chi connectivity index (χ4n) is 2.02. The quantitative estimate of drug-likeness (QED) is 0.773. The first kappa shape index (κ1) is 16.0. The van der Waals surface area contributed by atoms with E-state index in [2.05, 4.69) is 24.1 Å². The first-order chi connectivity index (χ1) is 9.47. The molecule has 0 atom stereocenters. The summed E-state index contributed by atoms with van der Waals surface area (Å²) < 4.78 is 2.23. The van der Waals surface area contributed by atoms with E-state index in [0.717, 1.165) is 24.2 Å². The van der Waals surface area contributed by atoms with Crippen molar-refractivity contribution < 1.29 is 0 Å². The Balaban J connectivity index is 3.05. The van der Waals surface area contributed by atoms with Crippen molar-refractivity contribution >= 4 is 5.82 Å². The highest BCUT2D eigenvalue weighted by Gasteiger charge is 2.14. The molecule has 1 aromatic rings. The Bertz CT molecular complexity index is 619. The number of hydrogen-bond donors (Lipinski definition) is 1. The van der Waals surface area contributed by atoms with Crippen LogP contribution in [0, 0.1) is 11.3 Å². The molecular formula is C13H21N5O2. The third kappa shape index (κ3) is 3.08. The van der Waals surface area contributed by atoms with E-state index in [1.807, 2.05) is 6.07 Å². The van der Waals surface area contributed by atoms with Crippen LogP contribution in [0.25, 0.3) is 0 Å². The highest BCUT2D eigenvalue weighted by atomic mass is 16.2. The molecule has 0 saturated heterocycles. The second-order valence-electron chi connectivity index (χ2n) is 4.49. The number of rotatable bonds is 6. The molecule has 0 saturated carbocycles. The average molecular weight is 279 g/mol. The molecule has 0 spiro atoms. The predicted molar refractivity (Wildman–Crippen MR) is 77.9 cm³/mol. The maximum absolute atomic E-state index is 11.9. The molecule has 20 heavy (non-hydrogen) atoms. The van der Waals surface area contributed by atoms with Crippen molar-refractivity contribution in [3.8, 4) is 6.07 Å². The molecule has 0 bridgehead atoms. The van der Waals surface area contributed by atoms with Gasteiger partial charge in [-0.2, -0.15) is 5.26 Å². The van der Waals surface area contributed by atoms with Crippen LogP contribution in [0.3, 0.4) is 0 Å². The van der Waals surface area contributed by atoms with Crippen molar-refractivity contribution in [2.45, 2.75) is 13.8 Å². The van der Waals surface area contributed by atoms with Crippen LogP contribution >= 0.6 is 0 Å². The highest BCUT2D eigenvalue weighted by molar-refractivity contribution is 5.51. The number of nitrogens with zero attached hydrogens (tertiary/aromatic N) is 4. The van der Waals surface area contributed by atoms with Gasteiger partial charge in [-0.05, 0) is 13.1 Å². The Morgan fingerprint density at radius 1 is 1.20 bits per heavy atom. The standard InChI is InChI=1S/C13H21N5O2/c1-5-18(6-2)8-7-15-11-10(9-14)12(19)17(4)13(20)16(11)3/h15H,5-8H2,1-4H3. The molecule has 0 unspecified atom stereocenters. The van der Waals surface area contributed by atoms with Crippen molar-refractivity contribution in [1.29, 1.82) is 5.26 Å². The number of hydrogen-bond acceptors (Lipinski definition) is 5. The van der Waals surface area contributed by atoms with E-state index in [1.165, 1.54) is 11.6 Å². The second kappa shape index (κ2) is 6.91. The Morgan fingerprint density at radius 3 is 2.30 bits per heavy atom. The summed E-state index contributed by atoms with van der Waals surface area (Å²) in [6.07, 6.45) is 0. The molecule has 0 amide bonds. The van der Waals surface area contributed by atoms with Crippen LogP contribution in [0.2, 0.25) is 0 Å². The van der Waals surface area contributed by atoms with Crippen LogP contribution in [0.5, 0.6) is 0 Å². The summed E-state index contributed by atoms with van der Waals surface area (Å²) in [5.74, 6) is 0.285. The number of nitrogens with one attached hydrogen (secondary N) is 1. The minimum atomic E-state index is -0.569. The van der Waals surface area contributed by atoms with Crippen LogP contribution in [0.15, 0.2) is 9.59 Å². The van der Waals surface area contributed by atoms with Crippen LogP contribution < -0.4 is 16.6 Å². The molecule has 7 heteroatoms. The lowest BCUT2D eigenvalue weighted by atomic mass is 10.3. The summed E-state index contributed by atoms with van der Waals surface area (Å²) in [7, 11) is 2.91. The molecule has 1 rings (SSSR count). The predicted octanol–water partition coefficient (Wildman–Crippen LogP) is -0.291. The Labute approximate surface area is 118 Å². The van der Waals surface area contributed by atoms with E-state index in [1.54, 1.807) is 7.05 Å². The van der Waals surface area contributed by atoms with Crippen LogP contribution in [0.1, 0.15) is 19.4 Å². The number of aromatic nitrogens is 2. The summed E-state index contributed by atoms with van der Waals surface area (Å²) in [5.41, 5.74) is -1.05. The number of nitriles is 1. The van der Waals surface area contributed by atoms with Crippen LogP contribution in [0.4, 0.5) is 5.82 Å². The van der Waals surface area contributed by atoms with E-state index in [4.69, 9.17) is 5.26 Å². The summed E-state index contributed by atoms with van der Waals surface area (Å²) in [5, 5.41) is 12.1. The zero-order chi connectivity index (χ0) is 15.3. The lowest BCUT2D eigenvalue weighted by Gasteiger charge is -2.19. The van der Waals surface area contributed by atoms with Crippen LogP contribution in [-0.2, 0) is 14.1 Å². The van der Waals surface area contributed by atoms with Crippen molar-refractivity contribution in [2.24, 2.45) is 14.1 Å². The third-order valence-electron chi connectivity index (χ3n) is 3.39. The first-order valence-corrected chi connectivity index (χ1v) is 6.64. The van der Waals surface area contributed by atoms with Gasteiger partial charge in [0.1, 0.15) is 11.9 Å². The van der Waals surface area contributed by atoms with Crippen molar-refractivity contribution in [1.82, 2.24) is 14.0 Å². The van der Waals surface area contributed by atoms with Gasteiger partial charge in [0.25, 0.3) is 5.56 Å². The normalized spacial score (nSPS) is 10.6. The maximum Gasteiger partial charge on any atom is 0.332 e. The van der Waals surface area contributed by atoms with Gasteiger partial charge in [0.2, 0.25) is 0 Å². The lowest BCUT2D eigenvalue weighted by Crippen LogP contribution is -2.40. The molecule has 110 valence electrons. The number of anilines is 1. The smallest absolute Gasteiger partial charge is 0.332 e. The molecular weight excluding hydrogens is 258 g/mol. The van der Waals surface area contributed by atoms with E-state index < -0.39 is 11.2 Å². The zero-order valence-electron chi connectivity index (χ0n) is 12.4. The van der Waals surface area contributed by atoms with Gasteiger partial charge in [0, 0.05) is 27.2 Å². The molecule has 0 aromatic carbocycles. The van der Waals surface area contributed by atoms with Crippen LogP contribution in [-0.4, -0.2) is 40.2 Å². The van der Waals surface area contributed by atoms with Gasteiger partial charge in [-0.25, -0.2) is 4.79 Å². The van der Waals surface area contributed by atoms with E-state index >= 15 is 0 Å². The van der Waals surface area contributed by atoms with Gasteiger partial charge >= 0.3 is 5.69 Å². The maximum atomic E-state index is 11.9. The monoisotopic (exact) mass is 279 g/mol. The van der Waals surface area contributed by atoms with Crippen molar-refractivity contribution in [2.75, 3.05) is 31.5 Å². The molecule has 1 aromatic heterocycles. The highest BCUT2D eigenvalue weighted by Crippen LogP contribution is 2.06. The summed E-state index contributed by atoms with van der Waals surface area (Å²) >= 11 is 0. The lowest BCUT2D eigenvalue weighted by molar-refractivity contribution is 0.315. The van der Waals surface area contributed by atoms with E-state index in [0.29, 0.717) is 6.54 Å². The fourth-order valence-corrected chi connectivity index (χ4v) is 2.02. The summed E-state index contributed by atoms with van der Waals surface area (Å²) in [6, 6.07) is 1.87. The van der Waals surface area contributed by atoms with Crippen molar-refractivity contribution in [3.63, 3.8) is 0 Å². The van der Waals surface area contributed by atoms with Gasteiger partial charge in [-0.3, -0.25) is 13.9 Å². The topological polar surface area (TPSA) is 83.1 Å². The molecule has 1 heterocycles. The van der Waals surface area contributed by atoms with Gasteiger partial charge in [0.15, 0.2) is 5.56 Å². The molecule has 0 fully saturated rings. The van der Waals surface area contributed by atoms with E-state index in [-0.39, 0.29) is 11.4 Å². The second-order valence-corrected chi connectivity index (χ2v) is 4.49. The zero-order valence-corrected chi connectivity index (χ0v) is 12.4. The minimum Gasteiger partial charge on any atom is -0.369 e. The Kier molecular flexibility index (Phi) is 5.53. The fraction of sp³-hybridized carbons (Fsp3) is 0.615. The third-order valence-corrected chi connectivity index (χ3v) is 3.39. The summed E-state index contributed by atoms with van der Waals surface area (Å²) in [4.78, 5) is 25.9. The minimum absolute atomic E-state index is 0.0332. The number of likely N-dealkylation sites (N-methyl/N-ethyl adjacent to an activating group) is 1. The van der Waals surface area contributed by atoms with Crippen molar-refractivity contribution in [3.05, 3.63) is 26.4 Å². The molecule has 0 aliphatic heterocycles. The molecule has 1 N–H and O–H groups in total. The Morgan fingerprint density at radius 2 is 1.80 bits per heavy atom. The molecule has 0 aliphatic rings. The molecule has 7 nitrogen and oxygen atoms in total. The molecule has 0 radical (unpaired) electrons. The summed E-state index contributed by atoms with van der Waals surface area (Å²) in [6.45, 7) is 7.34. The SMILES string of the molecule is CCN(CC)CCNc1c(C#N)c(=O)n(C)c(=O)n1C. The van der Waals surface area contributed by atoms with Gasteiger partial charge < -0.3 is 10.2 Å². The van der Waals surface area contributed by atoms with Gasteiger partial charge in [0.05, 0.1) is 0 Å². The molecule has 0 aliphatic carbocycles. The first-order valence-electron chi connectivity index (χ1n) is 6.64. The van der Waals surface area contributed by atoms with Gasteiger partial charge in [-0.15, -0.1) is 0 Å².